The molecular formula is C20H28N6O. The number of aromatic nitrogens is 4. The quantitative estimate of drug-likeness (QED) is 0.895. The van der Waals surface area contributed by atoms with Gasteiger partial charge in [-0.3, -0.25) is 9.48 Å². The van der Waals surface area contributed by atoms with Crippen LogP contribution in [0.25, 0.3) is 11.5 Å². The highest BCUT2D eigenvalue weighted by atomic mass is 16.2. The molecule has 7 nitrogen and oxygen atoms in total. The summed E-state index contributed by atoms with van der Waals surface area (Å²) < 4.78 is 4.34. The van der Waals surface area contributed by atoms with Crippen molar-refractivity contribution in [2.45, 2.75) is 51.7 Å². The molecular weight excluding hydrogens is 340 g/mol. The molecule has 1 saturated heterocycles. The first kappa shape index (κ1) is 17.0. The fourth-order valence-electron chi connectivity index (χ4n) is 4.44. The number of imidazole rings is 1. The molecule has 144 valence electrons. The Kier molecular flexibility index (Phi) is 4.47. The molecule has 2 aliphatic heterocycles. The molecule has 1 N–H and O–H groups in total. The molecule has 2 aromatic rings. The molecule has 1 unspecified atom stereocenters. The van der Waals surface area contributed by atoms with Gasteiger partial charge in [0, 0.05) is 51.0 Å². The molecule has 2 fully saturated rings. The second-order valence-electron chi connectivity index (χ2n) is 8.24. The van der Waals surface area contributed by atoms with Crippen LogP contribution in [0.5, 0.6) is 0 Å². The maximum Gasteiger partial charge on any atom is 0.225 e. The van der Waals surface area contributed by atoms with Crippen LogP contribution in [0.2, 0.25) is 0 Å². The summed E-state index contributed by atoms with van der Waals surface area (Å²) in [5, 5.41) is 8.26. The van der Waals surface area contributed by atoms with Crippen LogP contribution >= 0.6 is 0 Å². The number of piperidine rings is 1. The SMILES string of the molecule is O=C(C1CC1)N1CCCC(Cn2ccnc2-c2cc3n(n2)CCCNC3)C1. The lowest BCUT2D eigenvalue weighted by Gasteiger charge is -2.33. The van der Waals surface area contributed by atoms with E-state index in [1.165, 1.54) is 12.1 Å². The van der Waals surface area contributed by atoms with Crippen molar-refractivity contribution in [1.29, 1.82) is 0 Å². The normalized spacial score (nSPS) is 23.1. The van der Waals surface area contributed by atoms with Gasteiger partial charge in [-0.2, -0.15) is 5.10 Å². The van der Waals surface area contributed by atoms with E-state index in [2.05, 4.69) is 36.7 Å². The molecule has 1 amide bonds. The van der Waals surface area contributed by atoms with Crippen molar-refractivity contribution in [3.8, 4) is 11.5 Å². The van der Waals surface area contributed by atoms with Gasteiger partial charge in [-0.05, 0) is 50.6 Å². The van der Waals surface area contributed by atoms with Crippen LogP contribution in [0.4, 0.5) is 0 Å². The molecule has 4 heterocycles. The zero-order chi connectivity index (χ0) is 18.2. The molecule has 3 aliphatic rings. The highest BCUT2D eigenvalue weighted by Gasteiger charge is 2.35. The van der Waals surface area contributed by atoms with Gasteiger partial charge in [0.1, 0.15) is 5.69 Å². The zero-order valence-electron chi connectivity index (χ0n) is 15.8. The maximum atomic E-state index is 12.4. The smallest absolute Gasteiger partial charge is 0.225 e. The monoisotopic (exact) mass is 368 g/mol. The Morgan fingerprint density at radius 2 is 2.15 bits per heavy atom. The van der Waals surface area contributed by atoms with Crippen LogP contribution < -0.4 is 5.32 Å². The Bertz CT molecular complexity index is 797. The predicted octanol–water partition coefficient (Wildman–Crippen LogP) is 1.89. The number of rotatable bonds is 4. The number of aryl methyl sites for hydroxylation is 1. The van der Waals surface area contributed by atoms with Crippen molar-refractivity contribution in [3.05, 3.63) is 24.2 Å². The molecule has 0 bridgehead atoms. The molecule has 1 saturated carbocycles. The van der Waals surface area contributed by atoms with E-state index in [1.54, 1.807) is 0 Å². The fraction of sp³-hybridized carbons (Fsp3) is 0.650. The standard InChI is InChI=1S/C20H28N6O/c27-20(16-4-5-16)25-8-1-3-15(14-25)13-24-10-7-22-19(24)18-11-17-12-21-6-2-9-26(17)23-18/h7,10-11,15-16,21H,1-6,8-9,12-14H2. The van der Waals surface area contributed by atoms with E-state index >= 15 is 0 Å². The van der Waals surface area contributed by atoms with Crippen LogP contribution in [0.15, 0.2) is 18.5 Å². The van der Waals surface area contributed by atoms with Gasteiger partial charge in [-0.15, -0.1) is 0 Å². The van der Waals surface area contributed by atoms with Gasteiger partial charge in [0.25, 0.3) is 0 Å². The number of hydrogen-bond donors (Lipinski definition) is 1. The third-order valence-electron chi connectivity index (χ3n) is 6.05. The number of nitrogens with zero attached hydrogens (tertiary/aromatic N) is 5. The molecule has 1 aliphatic carbocycles. The molecule has 2 aromatic heterocycles. The van der Waals surface area contributed by atoms with Crippen LogP contribution in [0, 0.1) is 11.8 Å². The first-order valence-electron chi connectivity index (χ1n) is 10.4. The van der Waals surface area contributed by atoms with Crippen LogP contribution in [-0.4, -0.2) is 49.8 Å². The highest BCUT2D eigenvalue weighted by molar-refractivity contribution is 5.81. The van der Waals surface area contributed by atoms with Gasteiger partial charge >= 0.3 is 0 Å². The second-order valence-corrected chi connectivity index (χ2v) is 8.24. The van der Waals surface area contributed by atoms with Crippen molar-refractivity contribution in [2.75, 3.05) is 19.6 Å². The van der Waals surface area contributed by atoms with Crippen LogP contribution in [0.3, 0.4) is 0 Å². The van der Waals surface area contributed by atoms with E-state index in [0.717, 1.165) is 76.5 Å². The summed E-state index contributed by atoms with van der Waals surface area (Å²) in [6.07, 6.45) is 9.49. The summed E-state index contributed by atoms with van der Waals surface area (Å²) in [5.74, 6) is 2.15. The first-order valence-corrected chi connectivity index (χ1v) is 10.4. The summed E-state index contributed by atoms with van der Waals surface area (Å²) in [5.41, 5.74) is 2.19. The van der Waals surface area contributed by atoms with Gasteiger partial charge in [0.2, 0.25) is 5.91 Å². The Labute approximate surface area is 159 Å². The van der Waals surface area contributed by atoms with Gasteiger partial charge in [0.05, 0.1) is 5.69 Å². The van der Waals surface area contributed by atoms with Gasteiger partial charge < -0.3 is 14.8 Å². The summed E-state index contributed by atoms with van der Waals surface area (Å²) >= 11 is 0. The second kappa shape index (κ2) is 7.11. The lowest BCUT2D eigenvalue weighted by atomic mass is 9.97. The number of carbonyl (C=O) groups is 1. The van der Waals surface area contributed by atoms with Gasteiger partial charge in [-0.1, -0.05) is 0 Å². The molecule has 27 heavy (non-hydrogen) atoms. The van der Waals surface area contributed by atoms with E-state index < -0.39 is 0 Å². The average Bonchev–Trinajstić information content (AvgIpc) is 3.38. The summed E-state index contributed by atoms with van der Waals surface area (Å²) in [7, 11) is 0. The minimum atomic E-state index is 0.321. The molecule has 5 rings (SSSR count). The van der Waals surface area contributed by atoms with E-state index in [9.17, 15) is 4.79 Å². The number of amides is 1. The van der Waals surface area contributed by atoms with Crippen LogP contribution in [0.1, 0.15) is 37.8 Å². The first-order chi connectivity index (χ1) is 13.3. The van der Waals surface area contributed by atoms with Gasteiger partial charge in [0.15, 0.2) is 5.82 Å². The number of carbonyl (C=O) groups excluding carboxylic acids is 1. The van der Waals surface area contributed by atoms with Crippen molar-refractivity contribution >= 4 is 5.91 Å². The maximum absolute atomic E-state index is 12.4. The topological polar surface area (TPSA) is 68.0 Å². The van der Waals surface area contributed by atoms with Gasteiger partial charge in [-0.25, -0.2) is 4.98 Å². The third kappa shape index (κ3) is 3.52. The Morgan fingerprint density at radius 3 is 3.04 bits per heavy atom. The minimum Gasteiger partial charge on any atom is -0.342 e. The fourth-order valence-corrected chi connectivity index (χ4v) is 4.44. The lowest BCUT2D eigenvalue weighted by molar-refractivity contribution is -0.134. The number of nitrogens with one attached hydrogen (secondary N) is 1. The lowest BCUT2D eigenvalue weighted by Crippen LogP contribution is -2.41. The number of hydrogen-bond acceptors (Lipinski definition) is 4. The number of likely N-dealkylation sites (tertiary alicyclic amines) is 1. The van der Waals surface area contributed by atoms with E-state index in [4.69, 9.17) is 5.10 Å². The van der Waals surface area contributed by atoms with E-state index in [0.29, 0.717) is 17.7 Å². The van der Waals surface area contributed by atoms with E-state index in [-0.39, 0.29) is 0 Å². The van der Waals surface area contributed by atoms with Crippen molar-refractivity contribution in [3.63, 3.8) is 0 Å². The molecule has 0 aromatic carbocycles. The Morgan fingerprint density at radius 1 is 1.22 bits per heavy atom. The van der Waals surface area contributed by atoms with E-state index in [1.807, 2.05) is 6.20 Å². The van der Waals surface area contributed by atoms with Crippen molar-refractivity contribution in [2.24, 2.45) is 11.8 Å². The largest absolute Gasteiger partial charge is 0.342 e. The molecule has 0 radical (unpaired) electrons. The van der Waals surface area contributed by atoms with Crippen molar-refractivity contribution in [1.82, 2.24) is 29.5 Å². The van der Waals surface area contributed by atoms with Crippen LogP contribution in [-0.2, 0) is 24.4 Å². The highest BCUT2D eigenvalue weighted by Crippen LogP contribution is 2.33. The molecule has 1 atom stereocenters. The van der Waals surface area contributed by atoms with Crippen molar-refractivity contribution < 1.29 is 4.79 Å². The third-order valence-corrected chi connectivity index (χ3v) is 6.05. The Hall–Kier alpha value is -2.15. The number of fused-ring (bicyclic) bond motifs is 1. The molecule has 0 spiro atoms. The summed E-state index contributed by atoms with van der Waals surface area (Å²) in [6, 6.07) is 2.17. The molecule has 7 heteroatoms. The summed E-state index contributed by atoms with van der Waals surface area (Å²) in [6.45, 7) is 5.60. The predicted molar refractivity (Wildman–Crippen MR) is 102 cm³/mol. The zero-order valence-corrected chi connectivity index (χ0v) is 15.8. The Balaban J connectivity index is 1.31. The summed E-state index contributed by atoms with van der Waals surface area (Å²) in [4.78, 5) is 19.1. The minimum absolute atomic E-state index is 0.321. The average molecular weight is 368 g/mol.